The van der Waals surface area contributed by atoms with Crippen LogP contribution in [0, 0.1) is 0 Å². The second-order valence-corrected chi connectivity index (χ2v) is 3.95. The molecule has 0 fully saturated rings. The van der Waals surface area contributed by atoms with Crippen molar-refractivity contribution in [2.45, 2.75) is 19.3 Å². The molecule has 0 bridgehead atoms. The molecule has 1 amide bonds. The molecule has 0 radical (unpaired) electrons. The van der Waals surface area contributed by atoms with Crippen molar-refractivity contribution in [3.63, 3.8) is 0 Å². The molecule has 0 saturated carbocycles. The highest BCUT2D eigenvalue weighted by molar-refractivity contribution is 6.06. The zero-order chi connectivity index (χ0) is 10.5. The van der Waals surface area contributed by atoms with Crippen LogP contribution in [0.1, 0.15) is 19.4 Å². The number of carbonyl (C=O) groups excluding carboxylic acids is 1. The highest BCUT2D eigenvalue weighted by atomic mass is 16.2. The van der Waals surface area contributed by atoms with Gasteiger partial charge in [0.2, 0.25) is 11.9 Å². The van der Waals surface area contributed by atoms with Crippen molar-refractivity contribution in [3.05, 3.63) is 11.8 Å². The maximum Gasteiger partial charge on any atom is 0.238 e. The van der Waals surface area contributed by atoms with Gasteiger partial charge in [-0.3, -0.25) is 9.69 Å². The molecule has 74 valence electrons. The third-order valence-electron chi connectivity index (χ3n) is 2.62. The van der Waals surface area contributed by atoms with E-state index in [1.807, 2.05) is 13.8 Å². The van der Waals surface area contributed by atoms with Crippen LogP contribution < -0.4 is 10.6 Å². The topological polar surface area (TPSA) is 72.1 Å². The molecule has 1 aliphatic rings. The van der Waals surface area contributed by atoms with Crippen molar-refractivity contribution in [3.8, 4) is 0 Å². The first kappa shape index (κ1) is 8.93. The second kappa shape index (κ2) is 2.43. The van der Waals surface area contributed by atoms with Crippen LogP contribution in [0.4, 0.5) is 11.8 Å². The van der Waals surface area contributed by atoms with Gasteiger partial charge in [0.25, 0.3) is 0 Å². The normalized spacial score (nSPS) is 18.5. The number of aromatic nitrogens is 2. The number of nitrogen functional groups attached to an aromatic ring is 1. The second-order valence-electron chi connectivity index (χ2n) is 3.95. The van der Waals surface area contributed by atoms with Gasteiger partial charge in [-0.25, -0.2) is 4.98 Å². The van der Waals surface area contributed by atoms with Gasteiger partial charge in [-0.15, -0.1) is 0 Å². The number of amides is 1. The molecule has 1 aromatic heterocycles. The summed E-state index contributed by atoms with van der Waals surface area (Å²) in [5, 5.41) is 0. The summed E-state index contributed by atoms with van der Waals surface area (Å²) in [6, 6.07) is 0. The molecule has 1 aliphatic heterocycles. The number of nitrogens with zero attached hydrogens (tertiary/aromatic N) is 3. The first-order valence-corrected chi connectivity index (χ1v) is 4.35. The van der Waals surface area contributed by atoms with Crippen molar-refractivity contribution < 1.29 is 4.79 Å². The predicted molar refractivity (Wildman–Crippen MR) is 52.9 cm³/mol. The van der Waals surface area contributed by atoms with E-state index in [0.29, 0.717) is 5.82 Å². The molecule has 0 aliphatic carbocycles. The van der Waals surface area contributed by atoms with Crippen molar-refractivity contribution >= 4 is 17.7 Å². The first-order valence-electron chi connectivity index (χ1n) is 4.35. The maximum absolute atomic E-state index is 11.8. The summed E-state index contributed by atoms with van der Waals surface area (Å²) >= 11 is 0. The summed E-state index contributed by atoms with van der Waals surface area (Å²) in [6.45, 7) is 3.72. The minimum absolute atomic E-state index is 0.0207. The fraction of sp³-hybridized carbons (Fsp3) is 0.444. The Bertz CT molecular complexity index is 413. The van der Waals surface area contributed by atoms with E-state index >= 15 is 0 Å². The summed E-state index contributed by atoms with van der Waals surface area (Å²) < 4.78 is 0. The molecule has 5 heteroatoms. The van der Waals surface area contributed by atoms with Gasteiger partial charge in [-0.05, 0) is 13.8 Å². The molecule has 0 saturated heterocycles. The van der Waals surface area contributed by atoms with Gasteiger partial charge < -0.3 is 5.73 Å². The van der Waals surface area contributed by atoms with Crippen LogP contribution in [0.25, 0.3) is 0 Å². The highest BCUT2D eigenvalue weighted by Gasteiger charge is 2.43. The van der Waals surface area contributed by atoms with E-state index in [1.165, 1.54) is 4.90 Å². The molecule has 0 spiro atoms. The van der Waals surface area contributed by atoms with Crippen molar-refractivity contribution in [2.24, 2.45) is 0 Å². The van der Waals surface area contributed by atoms with E-state index < -0.39 is 5.41 Å². The average molecular weight is 192 g/mol. The van der Waals surface area contributed by atoms with Crippen LogP contribution in [0.3, 0.4) is 0 Å². The minimum Gasteiger partial charge on any atom is -0.368 e. The van der Waals surface area contributed by atoms with Gasteiger partial charge in [-0.1, -0.05) is 0 Å². The smallest absolute Gasteiger partial charge is 0.238 e. The number of carbonyl (C=O) groups is 1. The van der Waals surface area contributed by atoms with Crippen LogP contribution in [0.5, 0.6) is 0 Å². The van der Waals surface area contributed by atoms with Crippen LogP contribution in [-0.2, 0) is 10.2 Å². The standard InChI is InChI=1S/C9H12N4O/c1-9(2)5-4-11-8(10)12-6(5)13(3)7(9)14/h4H,1-3H3,(H2,10,11,12). The summed E-state index contributed by atoms with van der Waals surface area (Å²) in [7, 11) is 1.70. The monoisotopic (exact) mass is 192 g/mol. The Kier molecular flexibility index (Phi) is 1.55. The van der Waals surface area contributed by atoms with Crippen molar-refractivity contribution in [1.29, 1.82) is 0 Å². The Morgan fingerprint density at radius 3 is 2.79 bits per heavy atom. The van der Waals surface area contributed by atoms with Gasteiger partial charge in [-0.2, -0.15) is 4.98 Å². The number of fused-ring (bicyclic) bond motifs is 1. The molecule has 2 N–H and O–H groups in total. The van der Waals surface area contributed by atoms with Gasteiger partial charge in [0.05, 0.1) is 5.41 Å². The number of hydrogen-bond donors (Lipinski definition) is 1. The van der Waals surface area contributed by atoms with E-state index in [-0.39, 0.29) is 11.9 Å². The van der Waals surface area contributed by atoms with E-state index in [1.54, 1.807) is 13.2 Å². The molecule has 5 nitrogen and oxygen atoms in total. The molecule has 14 heavy (non-hydrogen) atoms. The summed E-state index contributed by atoms with van der Waals surface area (Å²) in [5.41, 5.74) is 5.76. The number of anilines is 2. The minimum atomic E-state index is -0.544. The molecule has 0 unspecified atom stereocenters. The summed E-state index contributed by atoms with van der Waals surface area (Å²) in [4.78, 5) is 21.3. The fourth-order valence-corrected chi connectivity index (χ4v) is 1.71. The summed E-state index contributed by atoms with van der Waals surface area (Å²) in [5.74, 6) is 0.834. The lowest BCUT2D eigenvalue weighted by atomic mass is 9.88. The quantitative estimate of drug-likeness (QED) is 0.642. The first-order chi connectivity index (χ1) is 6.44. The molecular weight excluding hydrogens is 180 g/mol. The molecule has 0 aromatic carbocycles. The van der Waals surface area contributed by atoms with Crippen LogP contribution in [-0.4, -0.2) is 22.9 Å². The predicted octanol–water partition coefficient (Wildman–Crippen LogP) is 0.313. The maximum atomic E-state index is 11.8. The largest absolute Gasteiger partial charge is 0.368 e. The molecule has 2 heterocycles. The third-order valence-corrected chi connectivity index (χ3v) is 2.62. The zero-order valence-corrected chi connectivity index (χ0v) is 8.40. The molecule has 1 aromatic rings. The zero-order valence-electron chi connectivity index (χ0n) is 8.40. The Labute approximate surface area is 82.0 Å². The Morgan fingerprint density at radius 1 is 1.50 bits per heavy atom. The van der Waals surface area contributed by atoms with E-state index in [2.05, 4.69) is 9.97 Å². The third kappa shape index (κ3) is 0.921. The average Bonchev–Trinajstić information content (AvgIpc) is 2.28. The van der Waals surface area contributed by atoms with Gasteiger partial charge in [0.1, 0.15) is 5.82 Å². The number of rotatable bonds is 0. The van der Waals surface area contributed by atoms with Crippen molar-refractivity contribution in [2.75, 3.05) is 17.7 Å². The molecule has 0 atom stereocenters. The van der Waals surface area contributed by atoms with Gasteiger partial charge >= 0.3 is 0 Å². The van der Waals surface area contributed by atoms with E-state index in [9.17, 15) is 4.79 Å². The lowest BCUT2D eigenvalue weighted by molar-refractivity contribution is -0.121. The van der Waals surface area contributed by atoms with Crippen LogP contribution in [0.15, 0.2) is 6.20 Å². The Morgan fingerprint density at radius 2 is 2.14 bits per heavy atom. The molecule has 2 rings (SSSR count). The fourth-order valence-electron chi connectivity index (χ4n) is 1.71. The van der Waals surface area contributed by atoms with E-state index in [0.717, 1.165) is 5.56 Å². The SMILES string of the molecule is CN1C(=O)C(C)(C)c2cnc(N)nc21. The van der Waals surface area contributed by atoms with E-state index in [4.69, 9.17) is 5.73 Å². The lowest BCUT2D eigenvalue weighted by Crippen LogP contribution is -2.33. The van der Waals surface area contributed by atoms with Crippen LogP contribution >= 0.6 is 0 Å². The number of hydrogen-bond acceptors (Lipinski definition) is 4. The van der Waals surface area contributed by atoms with Gasteiger partial charge in [0.15, 0.2) is 0 Å². The van der Waals surface area contributed by atoms with Crippen LogP contribution in [0.2, 0.25) is 0 Å². The number of likely N-dealkylation sites (N-methyl/N-ethyl adjacent to an activating group) is 1. The Hall–Kier alpha value is -1.65. The lowest BCUT2D eigenvalue weighted by Gasteiger charge is -2.15. The number of nitrogens with two attached hydrogens (primary N) is 1. The summed E-state index contributed by atoms with van der Waals surface area (Å²) in [6.07, 6.45) is 1.62. The van der Waals surface area contributed by atoms with Gasteiger partial charge in [0, 0.05) is 18.8 Å². The van der Waals surface area contributed by atoms with Crippen molar-refractivity contribution in [1.82, 2.24) is 9.97 Å². The Balaban J connectivity index is 2.68. The highest BCUT2D eigenvalue weighted by Crippen LogP contribution is 2.38. The molecular formula is C9H12N4O.